The fourth-order valence-electron chi connectivity index (χ4n) is 1.38. The van der Waals surface area contributed by atoms with Crippen LogP contribution in [-0.4, -0.2) is 21.1 Å². The Morgan fingerprint density at radius 3 is 2.78 bits per heavy atom. The van der Waals surface area contributed by atoms with E-state index in [2.05, 4.69) is 5.32 Å². The van der Waals surface area contributed by atoms with Gasteiger partial charge in [-0.3, -0.25) is 9.00 Å². The van der Waals surface area contributed by atoms with Gasteiger partial charge in [0.25, 0.3) is 0 Å². The van der Waals surface area contributed by atoms with Crippen LogP contribution in [0.25, 0.3) is 0 Å². The molecule has 0 saturated heterocycles. The van der Waals surface area contributed by atoms with Crippen LogP contribution in [0, 0.1) is 0 Å². The van der Waals surface area contributed by atoms with Crippen molar-refractivity contribution in [2.75, 3.05) is 16.8 Å². The van der Waals surface area contributed by atoms with E-state index in [0.29, 0.717) is 22.2 Å². The van der Waals surface area contributed by atoms with E-state index in [4.69, 9.17) is 17.3 Å². The van der Waals surface area contributed by atoms with Crippen molar-refractivity contribution in [3.63, 3.8) is 0 Å². The van der Waals surface area contributed by atoms with Crippen molar-refractivity contribution in [1.29, 1.82) is 0 Å². The van der Waals surface area contributed by atoms with Crippen molar-refractivity contribution in [2.24, 2.45) is 0 Å². The van der Waals surface area contributed by atoms with Crippen LogP contribution in [0.2, 0.25) is 5.02 Å². The van der Waals surface area contributed by atoms with Crippen LogP contribution in [0.4, 0.5) is 11.4 Å². The van der Waals surface area contributed by atoms with Gasteiger partial charge in [0.1, 0.15) is 5.25 Å². The van der Waals surface area contributed by atoms with E-state index in [1.807, 2.05) is 6.92 Å². The van der Waals surface area contributed by atoms with E-state index in [1.165, 1.54) is 0 Å². The summed E-state index contributed by atoms with van der Waals surface area (Å²) >= 11 is 5.77. The number of benzene rings is 1. The Morgan fingerprint density at radius 2 is 2.22 bits per heavy atom. The Balaban J connectivity index is 2.72. The van der Waals surface area contributed by atoms with E-state index >= 15 is 0 Å². The van der Waals surface area contributed by atoms with Crippen LogP contribution in [0.3, 0.4) is 0 Å². The molecule has 0 aromatic heterocycles. The third-order valence-electron chi connectivity index (χ3n) is 2.44. The van der Waals surface area contributed by atoms with Gasteiger partial charge in [-0.15, -0.1) is 0 Å². The molecule has 0 radical (unpaired) electrons. The van der Waals surface area contributed by atoms with Gasteiger partial charge in [0, 0.05) is 21.6 Å². The lowest BCUT2D eigenvalue weighted by atomic mass is 10.2. The minimum atomic E-state index is -1.16. The summed E-state index contributed by atoms with van der Waals surface area (Å²) in [6.45, 7) is 3.58. The maximum absolute atomic E-state index is 11.9. The molecular formula is C12H17ClN2O2S. The Bertz CT molecular complexity index is 465. The summed E-state index contributed by atoms with van der Waals surface area (Å²) in [6, 6.07) is 4.83. The highest BCUT2D eigenvalue weighted by Crippen LogP contribution is 2.22. The molecule has 6 heteroatoms. The van der Waals surface area contributed by atoms with E-state index in [-0.39, 0.29) is 5.91 Å². The van der Waals surface area contributed by atoms with Crippen LogP contribution in [0.1, 0.15) is 20.3 Å². The van der Waals surface area contributed by atoms with Gasteiger partial charge in [-0.1, -0.05) is 18.5 Å². The van der Waals surface area contributed by atoms with E-state index in [0.717, 1.165) is 6.42 Å². The van der Waals surface area contributed by atoms with Gasteiger partial charge >= 0.3 is 0 Å². The van der Waals surface area contributed by atoms with Crippen LogP contribution in [0.15, 0.2) is 18.2 Å². The summed E-state index contributed by atoms with van der Waals surface area (Å²) < 4.78 is 11.7. The zero-order chi connectivity index (χ0) is 13.7. The van der Waals surface area contributed by atoms with Crippen molar-refractivity contribution < 1.29 is 9.00 Å². The molecule has 4 nitrogen and oxygen atoms in total. The summed E-state index contributed by atoms with van der Waals surface area (Å²) in [5, 5.41) is 2.61. The first-order valence-corrected chi connectivity index (χ1v) is 7.44. The molecule has 100 valence electrons. The molecule has 1 aromatic carbocycles. The Kier molecular flexibility index (Phi) is 5.62. The predicted octanol–water partition coefficient (Wildman–Crippen LogP) is 2.41. The van der Waals surface area contributed by atoms with Crippen LogP contribution in [-0.2, 0) is 15.6 Å². The highest BCUT2D eigenvalue weighted by molar-refractivity contribution is 7.86. The molecule has 0 aliphatic heterocycles. The van der Waals surface area contributed by atoms with Crippen molar-refractivity contribution in [2.45, 2.75) is 25.5 Å². The standard InChI is InChI=1S/C12H17ClN2O2S/c1-3-6-18(17)8(2)12(16)15-11-5-4-9(13)7-10(11)14/h4-5,7-8H,3,6,14H2,1-2H3,(H,15,16). The molecule has 1 amide bonds. The molecule has 2 unspecified atom stereocenters. The van der Waals surface area contributed by atoms with Gasteiger partial charge in [-0.2, -0.15) is 0 Å². The first-order valence-electron chi connectivity index (χ1n) is 5.68. The number of rotatable bonds is 5. The number of nitrogens with two attached hydrogens (primary N) is 1. The maximum atomic E-state index is 11.9. The smallest absolute Gasteiger partial charge is 0.239 e. The number of amides is 1. The fraction of sp³-hybridized carbons (Fsp3) is 0.417. The number of carbonyl (C=O) groups is 1. The van der Waals surface area contributed by atoms with Gasteiger partial charge < -0.3 is 11.1 Å². The van der Waals surface area contributed by atoms with Crippen LogP contribution >= 0.6 is 11.6 Å². The van der Waals surface area contributed by atoms with E-state index < -0.39 is 16.0 Å². The van der Waals surface area contributed by atoms with Crippen molar-refractivity contribution >= 4 is 39.7 Å². The topological polar surface area (TPSA) is 72.2 Å². The zero-order valence-electron chi connectivity index (χ0n) is 10.4. The van der Waals surface area contributed by atoms with Crippen molar-refractivity contribution in [3.8, 4) is 0 Å². The fourth-order valence-corrected chi connectivity index (χ4v) is 2.61. The molecule has 1 aromatic rings. The molecule has 0 bridgehead atoms. The summed E-state index contributed by atoms with van der Waals surface area (Å²) in [5.41, 5.74) is 6.61. The Hall–Kier alpha value is -1.07. The van der Waals surface area contributed by atoms with Crippen molar-refractivity contribution in [1.82, 2.24) is 0 Å². The first kappa shape index (κ1) is 15.0. The predicted molar refractivity (Wildman–Crippen MR) is 77.3 cm³/mol. The maximum Gasteiger partial charge on any atom is 0.239 e. The van der Waals surface area contributed by atoms with E-state index in [9.17, 15) is 9.00 Å². The molecule has 2 atom stereocenters. The molecule has 1 rings (SSSR count). The van der Waals surface area contributed by atoms with Gasteiger partial charge in [0.15, 0.2) is 0 Å². The van der Waals surface area contributed by atoms with Crippen LogP contribution in [0.5, 0.6) is 0 Å². The monoisotopic (exact) mass is 288 g/mol. The SMILES string of the molecule is CCCS(=O)C(C)C(=O)Nc1ccc(Cl)cc1N. The number of halogens is 1. The number of hydrogen-bond acceptors (Lipinski definition) is 3. The quantitative estimate of drug-likeness (QED) is 0.817. The minimum absolute atomic E-state index is 0.296. The number of hydrogen-bond donors (Lipinski definition) is 2. The molecule has 3 N–H and O–H groups in total. The second kappa shape index (κ2) is 6.75. The Morgan fingerprint density at radius 1 is 1.56 bits per heavy atom. The second-order valence-electron chi connectivity index (χ2n) is 3.95. The molecule has 0 aliphatic rings. The summed E-state index contributed by atoms with van der Waals surface area (Å²) in [5.74, 6) is 0.223. The lowest BCUT2D eigenvalue weighted by Crippen LogP contribution is -2.30. The van der Waals surface area contributed by atoms with Crippen LogP contribution < -0.4 is 11.1 Å². The van der Waals surface area contributed by atoms with Gasteiger partial charge in [-0.05, 0) is 31.5 Å². The highest BCUT2D eigenvalue weighted by Gasteiger charge is 2.19. The van der Waals surface area contributed by atoms with Gasteiger partial charge in [0.05, 0.1) is 11.4 Å². The molecule has 0 saturated carbocycles. The summed E-state index contributed by atoms with van der Waals surface area (Å²) in [7, 11) is -1.16. The van der Waals surface area contributed by atoms with Gasteiger partial charge in [0.2, 0.25) is 5.91 Å². The highest BCUT2D eigenvalue weighted by atomic mass is 35.5. The number of carbonyl (C=O) groups excluding carboxylic acids is 1. The average molecular weight is 289 g/mol. The second-order valence-corrected chi connectivity index (χ2v) is 6.26. The number of nitrogen functional groups attached to an aromatic ring is 1. The molecule has 0 fully saturated rings. The van der Waals surface area contributed by atoms with E-state index in [1.54, 1.807) is 25.1 Å². The molecule has 0 aliphatic carbocycles. The normalized spacial score (nSPS) is 13.9. The first-order chi connectivity index (χ1) is 8.45. The Labute approximate surface area is 114 Å². The molecule has 0 spiro atoms. The zero-order valence-corrected chi connectivity index (χ0v) is 12.0. The third kappa shape index (κ3) is 3.99. The lowest BCUT2D eigenvalue weighted by Gasteiger charge is -2.13. The largest absolute Gasteiger partial charge is 0.397 e. The van der Waals surface area contributed by atoms with Gasteiger partial charge in [-0.25, -0.2) is 0 Å². The number of nitrogens with one attached hydrogen (secondary N) is 1. The van der Waals surface area contributed by atoms with Crippen molar-refractivity contribution in [3.05, 3.63) is 23.2 Å². The third-order valence-corrected chi connectivity index (χ3v) is 4.49. The summed E-state index contributed by atoms with van der Waals surface area (Å²) in [6.07, 6.45) is 0.785. The molecule has 0 heterocycles. The number of anilines is 2. The minimum Gasteiger partial charge on any atom is -0.397 e. The average Bonchev–Trinajstić information content (AvgIpc) is 2.32. The lowest BCUT2D eigenvalue weighted by molar-refractivity contribution is -0.115. The molecule has 18 heavy (non-hydrogen) atoms. The molecular weight excluding hydrogens is 272 g/mol. The summed E-state index contributed by atoms with van der Waals surface area (Å²) in [4.78, 5) is 11.9.